The molecule has 0 unspecified atom stereocenters. The lowest BCUT2D eigenvalue weighted by molar-refractivity contribution is -0.200. The van der Waals surface area contributed by atoms with Crippen LogP contribution in [0.25, 0.3) is 11.0 Å². The zero-order valence-electron chi connectivity index (χ0n) is 12.2. The van der Waals surface area contributed by atoms with Crippen molar-refractivity contribution in [2.45, 2.75) is 20.2 Å². The molecule has 1 amide bonds. The number of amides is 1. The summed E-state index contributed by atoms with van der Waals surface area (Å²) in [4.78, 5) is 17.4. The van der Waals surface area contributed by atoms with Crippen LogP contribution in [-0.2, 0) is 22.9 Å². The first kappa shape index (κ1) is 14.2. The van der Waals surface area contributed by atoms with E-state index in [0.717, 1.165) is 16.6 Å². The van der Waals surface area contributed by atoms with Crippen LogP contribution in [-0.4, -0.2) is 26.0 Å². The molecule has 112 valence electrons. The Morgan fingerprint density at radius 3 is 2.64 bits per heavy atom. The van der Waals surface area contributed by atoms with Crippen molar-refractivity contribution in [3.8, 4) is 0 Å². The van der Waals surface area contributed by atoms with Crippen LogP contribution in [0, 0.1) is 0 Å². The highest BCUT2D eigenvalue weighted by atomic mass is 16.7. The van der Waals surface area contributed by atoms with Crippen LogP contribution in [0.5, 0.6) is 0 Å². The van der Waals surface area contributed by atoms with E-state index >= 15 is 0 Å². The smallest absolute Gasteiger partial charge is 0.244 e. The minimum absolute atomic E-state index is 0.185. The van der Waals surface area contributed by atoms with Crippen molar-refractivity contribution in [1.82, 2.24) is 20.1 Å². The highest BCUT2D eigenvalue weighted by Crippen LogP contribution is 2.11. The third-order valence-corrected chi connectivity index (χ3v) is 3.26. The van der Waals surface area contributed by atoms with Crippen LogP contribution >= 0.6 is 0 Å². The standard InChI is InChI=1S/C16H16N4O2/c1-13(21)20(22-11-14-7-3-2-4-8-14)12-19-16-10-6-5-9-15(16)17-18-19/h2-10H,11-12H2,1H3. The number of fused-ring (bicyclic) bond motifs is 1. The molecule has 0 spiro atoms. The minimum Gasteiger partial charge on any atom is -0.273 e. The molecule has 0 saturated heterocycles. The fourth-order valence-corrected chi connectivity index (χ4v) is 2.10. The van der Waals surface area contributed by atoms with Crippen LogP contribution in [0.1, 0.15) is 12.5 Å². The van der Waals surface area contributed by atoms with E-state index in [1.165, 1.54) is 12.0 Å². The summed E-state index contributed by atoms with van der Waals surface area (Å²) in [6, 6.07) is 17.3. The number of benzene rings is 2. The molecule has 0 atom stereocenters. The SMILES string of the molecule is CC(=O)N(Cn1nnc2ccccc21)OCc1ccccc1. The maximum atomic E-state index is 11.8. The number of carbonyl (C=O) groups is 1. The molecule has 0 radical (unpaired) electrons. The van der Waals surface area contributed by atoms with Crippen LogP contribution in [0.2, 0.25) is 0 Å². The molecule has 0 aliphatic heterocycles. The lowest BCUT2D eigenvalue weighted by Gasteiger charge is -2.20. The van der Waals surface area contributed by atoms with Crippen LogP contribution in [0.15, 0.2) is 54.6 Å². The average Bonchev–Trinajstić information content (AvgIpc) is 2.95. The van der Waals surface area contributed by atoms with Crippen molar-refractivity contribution in [3.63, 3.8) is 0 Å². The molecule has 0 aliphatic carbocycles. The first-order valence-electron chi connectivity index (χ1n) is 6.97. The Kier molecular flexibility index (Phi) is 4.11. The van der Waals surface area contributed by atoms with Gasteiger partial charge in [-0.3, -0.25) is 9.63 Å². The fourth-order valence-electron chi connectivity index (χ4n) is 2.10. The minimum atomic E-state index is -0.185. The number of hydroxylamine groups is 2. The number of hydrogen-bond donors (Lipinski definition) is 0. The summed E-state index contributed by atoms with van der Waals surface area (Å²) in [5, 5.41) is 9.42. The Labute approximate surface area is 127 Å². The van der Waals surface area contributed by atoms with Gasteiger partial charge in [0, 0.05) is 6.92 Å². The van der Waals surface area contributed by atoms with Crippen LogP contribution in [0.3, 0.4) is 0 Å². The van der Waals surface area contributed by atoms with E-state index < -0.39 is 0 Å². The first-order chi connectivity index (χ1) is 10.7. The van der Waals surface area contributed by atoms with E-state index in [1.807, 2.05) is 54.6 Å². The van der Waals surface area contributed by atoms with Crippen LogP contribution in [0.4, 0.5) is 0 Å². The topological polar surface area (TPSA) is 60.2 Å². The Hall–Kier alpha value is -2.73. The summed E-state index contributed by atoms with van der Waals surface area (Å²) in [5.41, 5.74) is 2.64. The largest absolute Gasteiger partial charge is 0.273 e. The molecule has 0 N–H and O–H groups in total. The van der Waals surface area contributed by atoms with Crippen LogP contribution < -0.4 is 0 Å². The van der Waals surface area contributed by atoms with E-state index in [2.05, 4.69) is 10.3 Å². The summed E-state index contributed by atoms with van der Waals surface area (Å²) in [7, 11) is 0. The average molecular weight is 296 g/mol. The molecule has 0 fully saturated rings. The van der Waals surface area contributed by atoms with Gasteiger partial charge in [-0.25, -0.2) is 4.68 Å². The van der Waals surface area contributed by atoms with Gasteiger partial charge in [-0.1, -0.05) is 47.7 Å². The zero-order valence-corrected chi connectivity index (χ0v) is 12.2. The highest BCUT2D eigenvalue weighted by Gasteiger charge is 2.13. The summed E-state index contributed by atoms with van der Waals surface area (Å²) in [6.07, 6.45) is 0. The van der Waals surface area contributed by atoms with Gasteiger partial charge in [-0.2, -0.15) is 5.06 Å². The fraction of sp³-hybridized carbons (Fsp3) is 0.188. The molecular formula is C16H16N4O2. The van der Waals surface area contributed by atoms with E-state index in [9.17, 15) is 4.79 Å². The van der Waals surface area contributed by atoms with E-state index in [-0.39, 0.29) is 12.6 Å². The van der Waals surface area contributed by atoms with Crippen molar-refractivity contribution >= 4 is 16.9 Å². The Morgan fingerprint density at radius 1 is 1.14 bits per heavy atom. The molecule has 3 rings (SSSR count). The first-order valence-corrected chi connectivity index (χ1v) is 6.97. The summed E-state index contributed by atoms with van der Waals surface area (Å²) >= 11 is 0. The summed E-state index contributed by atoms with van der Waals surface area (Å²) in [6.45, 7) is 1.99. The molecule has 0 saturated carbocycles. The summed E-state index contributed by atoms with van der Waals surface area (Å²) < 4.78 is 1.64. The predicted octanol–water partition coefficient (Wildman–Crippen LogP) is 2.37. The maximum Gasteiger partial charge on any atom is 0.244 e. The third-order valence-electron chi connectivity index (χ3n) is 3.26. The normalized spacial score (nSPS) is 10.8. The van der Waals surface area contributed by atoms with Gasteiger partial charge in [0.1, 0.15) is 18.8 Å². The van der Waals surface area contributed by atoms with Crippen molar-refractivity contribution < 1.29 is 9.63 Å². The Bertz CT molecular complexity index is 770. The molecule has 22 heavy (non-hydrogen) atoms. The number of nitrogens with zero attached hydrogens (tertiary/aromatic N) is 4. The lowest BCUT2D eigenvalue weighted by atomic mass is 10.2. The van der Waals surface area contributed by atoms with Gasteiger partial charge in [-0.05, 0) is 17.7 Å². The molecule has 6 nitrogen and oxygen atoms in total. The van der Waals surface area contributed by atoms with E-state index in [1.54, 1.807) is 4.68 Å². The van der Waals surface area contributed by atoms with Gasteiger partial charge in [0.25, 0.3) is 0 Å². The van der Waals surface area contributed by atoms with Gasteiger partial charge in [0.2, 0.25) is 5.91 Å². The second kappa shape index (κ2) is 6.36. The van der Waals surface area contributed by atoms with Gasteiger partial charge in [-0.15, -0.1) is 5.10 Å². The Balaban J connectivity index is 1.73. The van der Waals surface area contributed by atoms with Gasteiger partial charge >= 0.3 is 0 Å². The maximum absolute atomic E-state index is 11.8. The van der Waals surface area contributed by atoms with Crippen molar-refractivity contribution in [1.29, 1.82) is 0 Å². The molecule has 1 heterocycles. The second-order valence-corrected chi connectivity index (χ2v) is 4.88. The van der Waals surface area contributed by atoms with E-state index in [0.29, 0.717) is 6.61 Å². The number of hydrogen-bond acceptors (Lipinski definition) is 4. The molecule has 2 aromatic carbocycles. The number of rotatable bonds is 5. The predicted molar refractivity (Wildman–Crippen MR) is 81.3 cm³/mol. The summed E-state index contributed by atoms with van der Waals surface area (Å²) in [5.74, 6) is -0.185. The Morgan fingerprint density at radius 2 is 1.86 bits per heavy atom. The number of carbonyl (C=O) groups excluding carboxylic acids is 1. The molecule has 6 heteroatoms. The molecule has 0 bridgehead atoms. The molecular weight excluding hydrogens is 280 g/mol. The van der Waals surface area contributed by atoms with Gasteiger partial charge < -0.3 is 0 Å². The van der Waals surface area contributed by atoms with Gasteiger partial charge in [0.15, 0.2) is 0 Å². The third kappa shape index (κ3) is 3.12. The monoisotopic (exact) mass is 296 g/mol. The highest BCUT2D eigenvalue weighted by molar-refractivity contribution is 5.74. The van der Waals surface area contributed by atoms with Crippen molar-refractivity contribution in [3.05, 3.63) is 60.2 Å². The number of para-hydroxylation sites is 1. The molecule has 1 aromatic heterocycles. The van der Waals surface area contributed by atoms with Crippen molar-refractivity contribution in [2.75, 3.05) is 0 Å². The van der Waals surface area contributed by atoms with Gasteiger partial charge in [0.05, 0.1) is 5.52 Å². The molecule has 0 aliphatic rings. The van der Waals surface area contributed by atoms with E-state index in [4.69, 9.17) is 4.84 Å². The molecule has 3 aromatic rings. The quantitative estimate of drug-likeness (QED) is 0.678. The zero-order chi connectivity index (χ0) is 15.4. The lowest BCUT2D eigenvalue weighted by Crippen LogP contribution is -2.31. The number of aromatic nitrogens is 3. The second-order valence-electron chi connectivity index (χ2n) is 4.88. The van der Waals surface area contributed by atoms with Crippen molar-refractivity contribution in [2.24, 2.45) is 0 Å².